The second-order valence-corrected chi connectivity index (χ2v) is 7.19. The van der Waals surface area contributed by atoms with Crippen LogP contribution in [0.25, 0.3) is 0 Å². The standard InChI is InChI=1S/C20H38N4O2/c21-15-11-7-3-1-5-9-13-17-18(23-20(26)24-19(17)25)14-10-6-2-4-8-12-16-22/h1-16,21-22H2,(H2,23,24,25,26). The van der Waals surface area contributed by atoms with Crippen molar-refractivity contribution >= 4 is 0 Å². The molecule has 0 fully saturated rings. The SMILES string of the molecule is NCCCCCCCCc1[nH]c(=O)[nH]c(=O)c1CCCCCCCCN. The van der Waals surface area contributed by atoms with Crippen molar-refractivity contribution in [2.24, 2.45) is 11.5 Å². The van der Waals surface area contributed by atoms with Gasteiger partial charge in [-0.15, -0.1) is 0 Å². The molecule has 0 bridgehead atoms. The average Bonchev–Trinajstić information content (AvgIpc) is 2.61. The van der Waals surface area contributed by atoms with E-state index in [9.17, 15) is 9.59 Å². The predicted octanol–water partition coefficient (Wildman–Crippen LogP) is 2.75. The summed E-state index contributed by atoms with van der Waals surface area (Å²) in [7, 11) is 0. The van der Waals surface area contributed by atoms with Crippen LogP contribution in [0, 0.1) is 0 Å². The fourth-order valence-electron chi connectivity index (χ4n) is 3.34. The molecule has 0 spiro atoms. The summed E-state index contributed by atoms with van der Waals surface area (Å²) >= 11 is 0. The van der Waals surface area contributed by atoms with Crippen molar-refractivity contribution in [3.63, 3.8) is 0 Å². The van der Waals surface area contributed by atoms with Crippen LogP contribution in [0.4, 0.5) is 0 Å². The molecule has 1 aromatic rings. The van der Waals surface area contributed by atoms with Crippen LogP contribution in [0.3, 0.4) is 0 Å². The van der Waals surface area contributed by atoms with Crippen LogP contribution in [0.2, 0.25) is 0 Å². The lowest BCUT2D eigenvalue weighted by Gasteiger charge is -2.08. The van der Waals surface area contributed by atoms with Crippen LogP contribution < -0.4 is 22.7 Å². The van der Waals surface area contributed by atoms with E-state index < -0.39 is 5.69 Å². The summed E-state index contributed by atoms with van der Waals surface area (Å²) < 4.78 is 0. The van der Waals surface area contributed by atoms with Gasteiger partial charge < -0.3 is 16.5 Å². The molecular weight excluding hydrogens is 328 g/mol. The van der Waals surface area contributed by atoms with E-state index in [0.717, 1.165) is 75.7 Å². The zero-order valence-corrected chi connectivity index (χ0v) is 16.3. The topological polar surface area (TPSA) is 118 Å². The lowest BCUT2D eigenvalue weighted by Crippen LogP contribution is -2.28. The number of aromatic nitrogens is 2. The molecule has 0 aliphatic carbocycles. The van der Waals surface area contributed by atoms with Gasteiger partial charge in [0, 0.05) is 11.3 Å². The molecule has 0 aliphatic rings. The number of unbranched alkanes of at least 4 members (excludes halogenated alkanes) is 10. The fraction of sp³-hybridized carbons (Fsp3) is 0.800. The van der Waals surface area contributed by atoms with E-state index >= 15 is 0 Å². The monoisotopic (exact) mass is 366 g/mol. The largest absolute Gasteiger partial charge is 0.330 e. The molecule has 1 rings (SSSR count). The molecule has 0 aliphatic heterocycles. The number of rotatable bonds is 16. The minimum absolute atomic E-state index is 0.213. The van der Waals surface area contributed by atoms with Crippen LogP contribution in [0.15, 0.2) is 9.59 Å². The maximum absolute atomic E-state index is 12.2. The molecule has 0 saturated carbocycles. The van der Waals surface area contributed by atoms with Gasteiger partial charge >= 0.3 is 5.69 Å². The van der Waals surface area contributed by atoms with Gasteiger partial charge in [0.1, 0.15) is 0 Å². The van der Waals surface area contributed by atoms with Crippen molar-refractivity contribution in [2.45, 2.75) is 89.9 Å². The normalized spacial score (nSPS) is 11.2. The predicted molar refractivity (Wildman–Crippen MR) is 109 cm³/mol. The smallest absolute Gasteiger partial charge is 0.325 e. The Morgan fingerprint density at radius 1 is 0.577 bits per heavy atom. The second kappa shape index (κ2) is 14.7. The van der Waals surface area contributed by atoms with E-state index in [1.165, 1.54) is 38.5 Å². The van der Waals surface area contributed by atoms with Crippen LogP contribution >= 0.6 is 0 Å². The Balaban J connectivity index is 2.39. The molecule has 1 heterocycles. The molecule has 0 aromatic carbocycles. The van der Waals surface area contributed by atoms with E-state index in [0.29, 0.717) is 0 Å². The molecule has 6 heteroatoms. The highest BCUT2D eigenvalue weighted by atomic mass is 16.2. The summed E-state index contributed by atoms with van der Waals surface area (Å²) in [6.07, 6.45) is 15.1. The third kappa shape index (κ3) is 9.92. The van der Waals surface area contributed by atoms with Gasteiger partial charge in [-0.05, 0) is 51.6 Å². The second-order valence-electron chi connectivity index (χ2n) is 7.19. The Morgan fingerprint density at radius 2 is 1.04 bits per heavy atom. The molecule has 0 atom stereocenters. The van der Waals surface area contributed by atoms with Crippen LogP contribution in [-0.4, -0.2) is 23.1 Å². The molecule has 6 nitrogen and oxygen atoms in total. The van der Waals surface area contributed by atoms with E-state index in [2.05, 4.69) is 9.97 Å². The number of H-pyrrole nitrogens is 2. The summed E-state index contributed by atoms with van der Waals surface area (Å²) in [5, 5.41) is 0. The number of nitrogens with one attached hydrogen (secondary N) is 2. The third-order valence-corrected chi connectivity index (χ3v) is 4.89. The molecule has 0 saturated heterocycles. The summed E-state index contributed by atoms with van der Waals surface area (Å²) in [5.41, 5.74) is 12.0. The molecule has 1 aromatic heterocycles. The van der Waals surface area contributed by atoms with Gasteiger partial charge in [0.25, 0.3) is 5.56 Å². The lowest BCUT2D eigenvalue weighted by molar-refractivity contribution is 0.585. The van der Waals surface area contributed by atoms with Crippen LogP contribution in [0.5, 0.6) is 0 Å². The highest BCUT2D eigenvalue weighted by molar-refractivity contribution is 5.16. The minimum Gasteiger partial charge on any atom is -0.330 e. The Labute approximate surface area is 157 Å². The quantitative estimate of drug-likeness (QED) is 0.336. The summed E-state index contributed by atoms with van der Waals surface area (Å²) in [6, 6.07) is 0. The van der Waals surface area contributed by atoms with Gasteiger partial charge in [-0.3, -0.25) is 9.78 Å². The van der Waals surface area contributed by atoms with Crippen molar-refractivity contribution in [3.8, 4) is 0 Å². The Kier molecular flexibility index (Phi) is 12.8. The van der Waals surface area contributed by atoms with E-state index in [1.807, 2.05) is 0 Å². The van der Waals surface area contributed by atoms with Crippen molar-refractivity contribution in [2.75, 3.05) is 13.1 Å². The Bertz CT molecular complexity index is 580. The fourth-order valence-corrected chi connectivity index (χ4v) is 3.34. The molecule has 0 radical (unpaired) electrons. The minimum atomic E-state index is -0.390. The highest BCUT2D eigenvalue weighted by Gasteiger charge is 2.09. The maximum Gasteiger partial charge on any atom is 0.325 e. The molecule has 150 valence electrons. The zero-order valence-electron chi connectivity index (χ0n) is 16.3. The number of aryl methyl sites for hydroxylation is 1. The molecule has 0 amide bonds. The molecule has 0 unspecified atom stereocenters. The first-order valence-electron chi connectivity index (χ1n) is 10.4. The first kappa shape index (κ1) is 22.6. The first-order valence-corrected chi connectivity index (χ1v) is 10.4. The van der Waals surface area contributed by atoms with Gasteiger partial charge in [0.15, 0.2) is 0 Å². The molecule has 6 N–H and O–H groups in total. The third-order valence-electron chi connectivity index (χ3n) is 4.89. The van der Waals surface area contributed by atoms with Crippen LogP contribution in [0.1, 0.15) is 88.3 Å². The van der Waals surface area contributed by atoms with Gasteiger partial charge in [0.05, 0.1) is 0 Å². The van der Waals surface area contributed by atoms with Crippen molar-refractivity contribution in [3.05, 3.63) is 32.1 Å². The summed E-state index contributed by atoms with van der Waals surface area (Å²) in [6.45, 7) is 1.54. The van der Waals surface area contributed by atoms with E-state index in [4.69, 9.17) is 11.5 Å². The maximum atomic E-state index is 12.2. The van der Waals surface area contributed by atoms with E-state index in [1.54, 1.807) is 0 Å². The summed E-state index contributed by atoms with van der Waals surface area (Å²) in [4.78, 5) is 29.0. The van der Waals surface area contributed by atoms with Gasteiger partial charge in [-0.2, -0.15) is 0 Å². The molecule has 26 heavy (non-hydrogen) atoms. The number of hydrogen-bond donors (Lipinski definition) is 4. The number of hydrogen-bond acceptors (Lipinski definition) is 4. The van der Waals surface area contributed by atoms with E-state index in [-0.39, 0.29) is 5.56 Å². The average molecular weight is 367 g/mol. The Hall–Kier alpha value is -1.40. The highest BCUT2D eigenvalue weighted by Crippen LogP contribution is 2.12. The van der Waals surface area contributed by atoms with Gasteiger partial charge in [-0.25, -0.2) is 4.79 Å². The first-order chi connectivity index (χ1) is 12.7. The number of aromatic amines is 2. The van der Waals surface area contributed by atoms with Crippen molar-refractivity contribution < 1.29 is 0 Å². The van der Waals surface area contributed by atoms with Crippen LogP contribution in [-0.2, 0) is 12.8 Å². The van der Waals surface area contributed by atoms with Gasteiger partial charge in [-0.1, -0.05) is 51.4 Å². The molecular formula is C20H38N4O2. The van der Waals surface area contributed by atoms with Crippen molar-refractivity contribution in [1.82, 2.24) is 9.97 Å². The Morgan fingerprint density at radius 3 is 1.58 bits per heavy atom. The lowest BCUT2D eigenvalue weighted by atomic mass is 10.0. The number of nitrogens with two attached hydrogens (primary N) is 2. The van der Waals surface area contributed by atoms with Gasteiger partial charge in [0.2, 0.25) is 0 Å². The zero-order chi connectivity index (χ0) is 19.0. The summed E-state index contributed by atoms with van der Waals surface area (Å²) in [5.74, 6) is 0. The van der Waals surface area contributed by atoms with Crippen molar-refractivity contribution in [1.29, 1.82) is 0 Å².